The summed E-state index contributed by atoms with van der Waals surface area (Å²) < 4.78 is 0. The van der Waals surface area contributed by atoms with Gasteiger partial charge in [0.05, 0.1) is 12.1 Å². The molecule has 0 aromatic heterocycles. The van der Waals surface area contributed by atoms with Gasteiger partial charge in [0.2, 0.25) is 7.85 Å². The number of carbonyl (C=O) groups excluding carboxylic acids is 1. The first kappa shape index (κ1) is 12.2. The van der Waals surface area contributed by atoms with Crippen LogP contribution >= 0.6 is 0 Å². The number of likely N-dealkylation sites (tertiary alicyclic amines) is 2. The number of rotatable bonds is 2. The predicted molar refractivity (Wildman–Crippen MR) is 74.2 cm³/mol. The average molecular weight is 253 g/mol. The van der Waals surface area contributed by atoms with Gasteiger partial charge in [0, 0.05) is 19.1 Å². The Balaban J connectivity index is 1.78. The van der Waals surface area contributed by atoms with Gasteiger partial charge in [-0.3, -0.25) is 9.69 Å². The summed E-state index contributed by atoms with van der Waals surface area (Å²) in [6.07, 6.45) is 0.935. The van der Waals surface area contributed by atoms with Gasteiger partial charge >= 0.3 is 0 Å². The summed E-state index contributed by atoms with van der Waals surface area (Å²) in [4.78, 5) is 15.7. The highest BCUT2D eigenvalue weighted by Crippen LogP contribution is 2.36. The Hall–Kier alpha value is -1.80. The van der Waals surface area contributed by atoms with Crippen LogP contribution in [-0.4, -0.2) is 48.1 Å². The van der Waals surface area contributed by atoms with Gasteiger partial charge in [-0.05, 0) is 12.0 Å². The van der Waals surface area contributed by atoms with E-state index in [2.05, 4.69) is 23.1 Å². The topological polar surface area (TPSA) is 47.3 Å². The molecular formula is C14H16BN3O. The van der Waals surface area contributed by atoms with Crippen LogP contribution in [0.1, 0.15) is 12.0 Å². The first-order chi connectivity index (χ1) is 9.20. The van der Waals surface area contributed by atoms with Crippen LogP contribution in [0.25, 0.3) is 0 Å². The SMILES string of the molecule is BC(=O)N1CC2CC1[C@@H](C#N)N2Cc1ccccc1. The number of nitriles is 1. The summed E-state index contributed by atoms with van der Waals surface area (Å²) in [6.45, 7) is 1.57. The van der Waals surface area contributed by atoms with Crippen LogP contribution in [0, 0.1) is 11.3 Å². The van der Waals surface area contributed by atoms with E-state index in [-0.39, 0.29) is 17.9 Å². The molecule has 1 amide bonds. The Morgan fingerprint density at radius 3 is 2.79 bits per heavy atom. The number of hydrogen-bond donors (Lipinski definition) is 0. The Labute approximate surface area is 114 Å². The van der Waals surface area contributed by atoms with Crippen molar-refractivity contribution < 1.29 is 4.79 Å². The summed E-state index contributed by atoms with van der Waals surface area (Å²) in [5.41, 5.74) is 1.23. The van der Waals surface area contributed by atoms with Gasteiger partial charge in [0.15, 0.2) is 5.81 Å². The Kier molecular flexibility index (Phi) is 3.04. The van der Waals surface area contributed by atoms with E-state index < -0.39 is 0 Å². The smallest absolute Gasteiger partial charge is 0.215 e. The van der Waals surface area contributed by atoms with Crippen molar-refractivity contribution in [2.45, 2.75) is 31.1 Å². The van der Waals surface area contributed by atoms with Crippen LogP contribution in [-0.2, 0) is 6.54 Å². The third-order valence-electron chi connectivity index (χ3n) is 4.26. The zero-order valence-corrected chi connectivity index (χ0v) is 11.0. The molecule has 19 heavy (non-hydrogen) atoms. The quantitative estimate of drug-likeness (QED) is 0.725. The molecule has 0 radical (unpaired) electrons. The standard InChI is InChI=1S/C14H16BN3O/c15-14(19)18-9-11-6-12(18)13(7-16)17(11)8-10-4-2-1-3-5-10/h1-5,11-13H,6,8-9,15H2/t11?,12?,13-/m1/s1. The largest absolute Gasteiger partial charge is 0.345 e. The van der Waals surface area contributed by atoms with Crippen molar-refractivity contribution in [2.24, 2.45) is 0 Å². The number of piperazine rings is 1. The maximum atomic E-state index is 11.6. The molecule has 2 heterocycles. The average Bonchev–Trinajstić information content (AvgIpc) is 2.98. The molecule has 0 N–H and O–H groups in total. The number of hydrogen-bond acceptors (Lipinski definition) is 3. The maximum absolute atomic E-state index is 11.6. The summed E-state index contributed by atoms with van der Waals surface area (Å²) in [5.74, 6) is 0.0899. The molecule has 2 fully saturated rings. The van der Waals surface area contributed by atoms with E-state index in [1.165, 1.54) is 5.56 Å². The fraction of sp³-hybridized carbons (Fsp3) is 0.429. The third-order valence-corrected chi connectivity index (χ3v) is 4.26. The van der Waals surface area contributed by atoms with Gasteiger partial charge in [-0.1, -0.05) is 30.3 Å². The van der Waals surface area contributed by atoms with Gasteiger partial charge < -0.3 is 4.90 Å². The number of amides is 1. The van der Waals surface area contributed by atoms with Crippen LogP contribution in [0.3, 0.4) is 0 Å². The van der Waals surface area contributed by atoms with Crippen molar-refractivity contribution in [3.05, 3.63) is 35.9 Å². The first-order valence-corrected chi connectivity index (χ1v) is 6.67. The molecule has 4 nitrogen and oxygen atoms in total. The second-order valence-electron chi connectivity index (χ2n) is 5.36. The maximum Gasteiger partial charge on any atom is 0.215 e. The molecule has 2 bridgehead atoms. The first-order valence-electron chi connectivity index (χ1n) is 6.67. The second kappa shape index (κ2) is 4.71. The van der Waals surface area contributed by atoms with Crippen LogP contribution < -0.4 is 0 Å². The van der Waals surface area contributed by atoms with Gasteiger partial charge in [-0.25, -0.2) is 0 Å². The predicted octanol–water partition coefficient (Wildman–Crippen LogP) is 0.590. The lowest BCUT2D eigenvalue weighted by molar-refractivity contribution is 0.114. The molecule has 96 valence electrons. The lowest BCUT2D eigenvalue weighted by Gasteiger charge is -2.37. The van der Waals surface area contributed by atoms with Gasteiger partial charge in [-0.15, -0.1) is 0 Å². The van der Waals surface area contributed by atoms with Gasteiger partial charge in [-0.2, -0.15) is 5.26 Å². The van der Waals surface area contributed by atoms with Crippen LogP contribution in [0.15, 0.2) is 30.3 Å². The minimum absolute atomic E-state index is 0.0798. The highest BCUT2D eigenvalue weighted by atomic mass is 16.2. The number of fused-ring (bicyclic) bond motifs is 2. The van der Waals surface area contributed by atoms with Crippen molar-refractivity contribution in [3.63, 3.8) is 0 Å². The zero-order chi connectivity index (χ0) is 13.4. The van der Waals surface area contributed by atoms with Crippen LogP contribution in [0.2, 0.25) is 0 Å². The molecule has 3 rings (SSSR count). The van der Waals surface area contributed by atoms with E-state index in [4.69, 9.17) is 0 Å². The van der Waals surface area contributed by atoms with Crippen molar-refractivity contribution in [3.8, 4) is 6.07 Å². The van der Waals surface area contributed by atoms with E-state index in [1.807, 2.05) is 23.1 Å². The Morgan fingerprint density at radius 2 is 2.16 bits per heavy atom. The molecule has 1 aromatic rings. The van der Waals surface area contributed by atoms with Crippen molar-refractivity contribution in [1.29, 1.82) is 5.26 Å². The van der Waals surface area contributed by atoms with Crippen molar-refractivity contribution in [1.82, 2.24) is 9.80 Å². The molecule has 0 saturated carbocycles. The minimum atomic E-state index is -0.164. The molecule has 2 saturated heterocycles. The molecule has 1 aromatic carbocycles. The summed E-state index contributed by atoms with van der Waals surface area (Å²) in [5, 5.41) is 9.41. The lowest BCUT2D eigenvalue weighted by atomic mass is 10.0. The van der Waals surface area contributed by atoms with Crippen molar-refractivity contribution >= 4 is 13.7 Å². The monoisotopic (exact) mass is 253 g/mol. The molecule has 2 aliphatic rings. The molecule has 0 aliphatic carbocycles. The number of benzene rings is 1. The second-order valence-corrected chi connectivity index (χ2v) is 5.36. The van der Waals surface area contributed by atoms with Crippen molar-refractivity contribution in [2.75, 3.05) is 6.54 Å². The number of carbonyl (C=O) groups is 1. The summed E-state index contributed by atoms with van der Waals surface area (Å²) in [7, 11) is 1.59. The third kappa shape index (κ3) is 2.02. The molecule has 5 heteroatoms. The minimum Gasteiger partial charge on any atom is -0.345 e. The molecular weight excluding hydrogens is 237 g/mol. The van der Waals surface area contributed by atoms with E-state index in [9.17, 15) is 10.1 Å². The van der Waals surface area contributed by atoms with Crippen LogP contribution in [0.5, 0.6) is 0 Å². The highest BCUT2D eigenvalue weighted by Gasteiger charge is 2.51. The normalized spacial score (nSPS) is 29.4. The highest BCUT2D eigenvalue weighted by molar-refractivity contribution is 6.57. The lowest BCUT2D eigenvalue weighted by Crippen LogP contribution is -2.53. The van der Waals surface area contributed by atoms with Crippen LogP contribution in [0.4, 0.5) is 4.79 Å². The summed E-state index contributed by atoms with van der Waals surface area (Å²) >= 11 is 0. The van der Waals surface area contributed by atoms with E-state index in [0.29, 0.717) is 6.04 Å². The van der Waals surface area contributed by atoms with E-state index >= 15 is 0 Å². The fourth-order valence-corrected chi connectivity index (χ4v) is 3.37. The molecule has 3 atom stereocenters. The number of nitrogens with zero attached hydrogens (tertiary/aromatic N) is 3. The van der Waals surface area contributed by atoms with E-state index in [0.717, 1.165) is 19.5 Å². The summed E-state index contributed by atoms with van der Waals surface area (Å²) in [6, 6.07) is 12.8. The van der Waals surface area contributed by atoms with Gasteiger partial charge in [0.1, 0.15) is 6.04 Å². The van der Waals surface area contributed by atoms with E-state index in [1.54, 1.807) is 7.85 Å². The molecule has 2 aliphatic heterocycles. The Morgan fingerprint density at radius 1 is 1.42 bits per heavy atom. The molecule has 0 spiro atoms. The zero-order valence-electron chi connectivity index (χ0n) is 11.0. The fourth-order valence-electron chi connectivity index (χ4n) is 3.37. The molecule has 2 unspecified atom stereocenters. The van der Waals surface area contributed by atoms with Gasteiger partial charge in [0.25, 0.3) is 0 Å². The Bertz CT molecular complexity index is 527.